The first kappa shape index (κ1) is 38.1. The smallest absolute Gasteiger partial charge is 0.418 e. The zero-order chi connectivity index (χ0) is 37.3. The Bertz CT molecular complexity index is 1840. The Balaban J connectivity index is 1.31. The number of nitrogen functional groups attached to an aromatic ring is 1. The number of Topliss-reactive ketones (excluding diaryl/α,β-unsaturated/α-hetero) is 1. The number of fused-ring (bicyclic) bond motifs is 1. The Morgan fingerprint density at radius 3 is 2.59 bits per heavy atom. The largest absolute Gasteiger partial charge is 0.485 e. The number of allylic oxidation sites excluding steroid dienone is 2. The van der Waals surface area contributed by atoms with E-state index in [1.807, 2.05) is 12.1 Å². The number of hydrogen-bond acceptors (Lipinski definition) is 15. The summed E-state index contributed by atoms with van der Waals surface area (Å²) in [5, 5.41) is 19.8. The van der Waals surface area contributed by atoms with Crippen LogP contribution >= 0.6 is 11.3 Å². The van der Waals surface area contributed by atoms with Crippen molar-refractivity contribution in [1.82, 2.24) is 15.4 Å². The van der Waals surface area contributed by atoms with Crippen LogP contribution < -0.4 is 27.3 Å². The minimum absolute atomic E-state index is 0.00829. The number of hydroxylamine groups is 2. The van der Waals surface area contributed by atoms with Gasteiger partial charge < -0.3 is 37.2 Å². The lowest BCUT2D eigenvalue weighted by Gasteiger charge is -2.50. The number of β-lactam (4-membered cyclic amide) rings is 1. The minimum atomic E-state index is -5.00. The number of carbonyl (C=O) groups excluding carboxylic acids is 2. The maximum Gasteiger partial charge on any atom is 0.418 e. The van der Waals surface area contributed by atoms with E-state index in [-0.39, 0.29) is 29.1 Å². The van der Waals surface area contributed by atoms with Crippen molar-refractivity contribution < 1.29 is 46.3 Å². The van der Waals surface area contributed by atoms with Crippen LogP contribution in [-0.2, 0) is 40.3 Å². The fraction of sp³-hybridized carbons (Fsp3) is 0.531. The van der Waals surface area contributed by atoms with E-state index in [4.69, 9.17) is 31.3 Å². The summed E-state index contributed by atoms with van der Waals surface area (Å²) in [4.78, 5) is 48.8. The highest BCUT2D eigenvalue weighted by atomic mass is 32.3. The average Bonchev–Trinajstić information content (AvgIpc) is 3.53. The van der Waals surface area contributed by atoms with E-state index in [0.29, 0.717) is 30.3 Å². The maximum absolute atomic E-state index is 13.6. The summed E-state index contributed by atoms with van der Waals surface area (Å²) in [6, 6.07) is 5.85. The van der Waals surface area contributed by atoms with Gasteiger partial charge in [-0.1, -0.05) is 23.4 Å². The molecule has 19 heteroatoms. The summed E-state index contributed by atoms with van der Waals surface area (Å²) in [7, 11) is -5.00. The Labute approximate surface area is 299 Å². The number of aromatic nitrogens is 1. The molecular weight excluding hydrogens is 707 g/mol. The van der Waals surface area contributed by atoms with Crippen LogP contribution in [0, 0.1) is 11.8 Å². The molecule has 51 heavy (non-hydrogen) atoms. The van der Waals surface area contributed by atoms with Crippen LogP contribution in [-0.4, -0.2) is 88.4 Å². The number of carboxylic acids is 1. The van der Waals surface area contributed by atoms with E-state index in [1.165, 1.54) is 26.2 Å². The predicted octanol–water partition coefficient (Wildman–Crippen LogP) is 1.50. The van der Waals surface area contributed by atoms with Crippen molar-refractivity contribution in [3.8, 4) is 5.75 Å². The highest BCUT2D eigenvalue weighted by molar-refractivity contribution is 7.80. The SMILES string of the molecule is CC1(C)[C@H](CC(=O)/C(=N\O[C@](C)(C(=O)O)[C@H]2CCc3cc(C4CC=C(CC(CN)CN)NC4)ccc3O2)c2csc(N)n2)C(=O)N1OS(=O)(=O)O. The average molecular weight is 750 g/mol. The molecule has 4 heterocycles. The number of carbonyl (C=O) groups is 3. The van der Waals surface area contributed by atoms with Gasteiger partial charge in [0.1, 0.15) is 11.4 Å². The van der Waals surface area contributed by atoms with Crippen LogP contribution in [0.15, 0.2) is 40.5 Å². The molecule has 3 aliphatic heterocycles. The van der Waals surface area contributed by atoms with Crippen LogP contribution in [0.4, 0.5) is 5.13 Å². The van der Waals surface area contributed by atoms with Crippen LogP contribution in [0.2, 0.25) is 0 Å². The molecule has 1 amide bonds. The molecule has 1 aromatic carbocycles. The van der Waals surface area contributed by atoms with Gasteiger partial charge in [-0.25, -0.2) is 9.78 Å². The van der Waals surface area contributed by atoms with Crippen LogP contribution in [0.1, 0.15) is 69.2 Å². The van der Waals surface area contributed by atoms with Crippen LogP contribution in [0.3, 0.4) is 0 Å². The lowest BCUT2D eigenvalue weighted by molar-refractivity contribution is -0.228. The van der Waals surface area contributed by atoms with Crippen molar-refractivity contribution in [2.45, 2.75) is 76.0 Å². The molecule has 3 aliphatic rings. The molecule has 4 atom stereocenters. The molecule has 0 saturated carbocycles. The number of rotatable bonds is 15. The lowest BCUT2D eigenvalue weighted by atomic mass is 9.74. The van der Waals surface area contributed by atoms with E-state index in [1.54, 1.807) is 0 Å². The Kier molecular flexibility index (Phi) is 11.1. The van der Waals surface area contributed by atoms with E-state index in [0.717, 1.165) is 47.5 Å². The molecule has 1 fully saturated rings. The number of nitrogens with two attached hydrogens (primary N) is 3. The first-order chi connectivity index (χ1) is 24.0. The lowest BCUT2D eigenvalue weighted by Crippen LogP contribution is -2.68. The van der Waals surface area contributed by atoms with Crippen molar-refractivity contribution in [3.63, 3.8) is 0 Å². The molecule has 1 saturated heterocycles. The summed E-state index contributed by atoms with van der Waals surface area (Å²) in [5.74, 6) is -3.13. The molecule has 2 aromatic rings. The molecule has 1 unspecified atom stereocenters. The number of carboxylic acid groups (broad SMARTS) is 1. The first-order valence-corrected chi connectivity index (χ1v) is 18.6. The number of oxime groups is 1. The van der Waals surface area contributed by atoms with Crippen molar-refractivity contribution >= 4 is 50.2 Å². The Morgan fingerprint density at radius 1 is 1.29 bits per heavy atom. The molecule has 0 spiro atoms. The van der Waals surface area contributed by atoms with Gasteiger partial charge in [-0.05, 0) is 82.7 Å². The van der Waals surface area contributed by atoms with E-state index < -0.39 is 63.4 Å². The third kappa shape index (κ3) is 8.18. The van der Waals surface area contributed by atoms with Crippen LogP contribution in [0.5, 0.6) is 5.75 Å². The molecule has 1 aromatic heterocycles. The fourth-order valence-electron chi connectivity index (χ4n) is 6.39. The van der Waals surface area contributed by atoms with Gasteiger partial charge in [0.15, 0.2) is 22.7 Å². The topological polar surface area (TPSA) is 272 Å². The van der Waals surface area contributed by atoms with E-state index >= 15 is 0 Å². The second kappa shape index (κ2) is 14.8. The molecule has 0 aliphatic carbocycles. The molecule has 17 nitrogen and oxygen atoms in total. The van der Waals surface area contributed by atoms with Crippen molar-refractivity contribution in [2.24, 2.45) is 28.5 Å². The zero-order valence-electron chi connectivity index (χ0n) is 28.4. The summed E-state index contributed by atoms with van der Waals surface area (Å²) >= 11 is 1.00. The normalized spacial score (nSPS) is 22.9. The number of aryl methyl sites for hydroxylation is 1. The number of nitrogens with zero attached hydrogens (tertiary/aromatic N) is 3. The molecule has 0 bridgehead atoms. The summed E-state index contributed by atoms with van der Waals surface area (Å²) in [6.45, 7) is 5.99. The van der Waals surface area contributed by atoms with Crippen LogP contribution in [0.25, 0.3) is 0 Å². The van der Waals surface area contributed by atoms with Crippen molar-refractivity contribution in [3.05, 3.63) is 52.2 Å². The van der Waals surface area contributed by atoms with Gasteiger partial charge in [0, 0.05) is 30.0 Å². The van der Waals surface area contributed by atoms with Gasteiger partial charge in [-0.2, -0.15) is 13.5 Å². The van der Waals surface area contributed by atoms with E-state index in [9.17, 15) is 27.9 Å². The minimum Gasteiger partial charge on any atom is -0.485 e. The maximum atomic E-state index is 13.6. The standard InChI is InChI=1S/C32H43N7O10S2/c1-31(2)22(28(41)39(31)49-51(44,45)46)12-24(40)27(23-16-50-30(35)37-23)38-48-32(3,29(42)43)26-9-6-19-11-18(5-8-25(19)47-26)20-4-7-21(36-15-20)10-17(13-33)14-34/h5,7-8,11,16-17,20,22,26,36H,4,6,9-10,12-15,33-34H2,1-3H3,(H2,35,37)(H,42,43)(H,44,45,46)/b38-27-/t20?,22-,26-,32+/m1/s1. The Morgan fingerprint density at radius 2 is 2.02 bits per heavy atom. The molecular formula is C32H43N7O10S2. The number of ketones is 1. The predicted molar refractivity (Wildman–Crippen MR) is 186 cm³/mol. The number of ether oxygens (including phenoxy) is 1. The monoisotopic (exact) mass is 749 g/mol. The van der Waals surface area contributed by atoms with Gasteiger partial charge in [0.05, 0.1) is 11.5 Å². The summed E-state index contributed by atoms with van der Waals surface area (Å²) in [5.41, 5.74) is 16.8. The third-order valence-electron chi connectivity index (χ3n) is 9.73. The number of thiazole rings is 1. The van der Waals surface area contributed by atoms with Crippen molar-refractivity contribution in [2.75, 3.05) is 25.4 Å². The molecule has 5 rings (SSSR count). The van der Waals surface area contributed by atoms with E-state index in [2.05, 4.69) is 31.9 Å². The second-order valence-corrected chi connectivity index (χ2v) is 15.5. The highest BCUT2D eigenvalue weighted by Crippen LogP contribution is 2.41. The fourth-order valence-corrected chi connectivity index (χ4v) is 7.39. The molecule has 9 N–H and O–H groups in total. The highest BCUT2D eigenvalue weighted by Gasteiger charge is 2.58. The Hall–Kier alpha value is -4.14. The molecule has 278 valence electrons. The summed E-state index contributed by atoms with van der Waals surface area (Å²) < 4.78 is 42.0. The molecule has 0 radical (unpaired) electrons. The second-order valence-electron chi connectivity index (χ2n) is 13.6. The van der Waals surface area contributed by atoms with Gasteiger partial charge in [0.25, 0.3) is 11.5 Å². The number of aliphatic carboxylic acids is 1. The number of anilines is 1. The quantitative estimate of drug-likeness (QED) is 0.0652. The van der Waals surface area contributed by atoms with Gasteiger partial charge in [-0.3, -0.25) is 14.1 Å². The number of amides is 1. The summed E-state index contributed by atoms with van der Waals surface area (Å²) in [6.07, 6.45) is 3.11. The number of hydrogen-bond donors (Lipinski definition) is 6. The van der Waals surface area contributed by atoms with Crippen molar-refractivity contribution in [1.29, 1.82) is 0 Å². The number of nitrogens with one attached hydrogen (secondary N) is 1. The number of benzene rings is 1. The zero-order valence-corrected chi connectivity index (χ0v) is 30.0. The third-order valence-corrected chi connectivity index (χ3v) is 10.7. The van der Waals surface area contributed by atoms with Gasteiger partial charge in [0.2, 0.25) is 0 Å². The first-order valence-electron chi connectivity index (χ1n) is 16.3. The van der Waals surface area contributed by atoms with Gasteiger partial charge in [-0.15, -0.1) is 15.6 Å². The van der Waals surface area contributed by atoms with Gasteiger partial charge >= 0.3 is 16.4 Å².